The molecule has 0 fully saturated rings. The first-order valence-corrected chi connectivity index (χ1v) is 9.16. The maximum absolute atomic E-state index is 11.3. The molecule has 4 rings (SSSR count). The topological polar surface area (TPSA) is 70.7 Å². The zero-order chi connectivity index (χ0) is 18.1. The Bertz CT molecular complexity index is 983. The number of carbonyl (C=O) groups is 1. The number of fused-ring (bicyclic) bond motifs is 1. The van der Waals surface area contributed by atoms with Crippen LogP contribution in [-0.4, -0.2) is 16.6 Å². The van der Waals surface area contributed by atoms with E-state index in [9.17, 15) is 4.79 Å². The number of allylic oxidation sites excluding steroid dienone is 4. The number of anilines is 1. The zero-order valence-corrected chi connectivity index (χ0v) is 15.1. The van der Waals surface area contributed by atoms with Crippen LogP contribution in [0.15, 0.2) is 76.6 Å². The molecule has 3 N–H and O–H groups in total. The van der Waals surface area contributed by atoms with Gasteiger partial charge < -0.3 is 11.1 Å². The van der Waals surface area contributed by atoms with E-state index in [1.165, 1.54) is 6.92 Å². The quantitative estimate of drug-likeness (QED) is 0.870. The molecule has 2 aliphatic heterocycles. The van der Waals surface area contributed by atoms with Crippen molar-refractivity contribution in [3.05, 3.63) is 82.0 Å². The van der Waals surface area contributed by atoms with Crippen molar-refractivity contribution in [1.82, 2.24) is 5.01 Å². The molecular weight excluding hydrogens is 344 g/mol. The summed E-state index contributed by atoms with van der Waals surface area (Å²) in [7, 11) is 0. The fourth-order valence-electron chi connectivity index (χ4n) is 2.99. The molecule has 5 nitrogen and oxygen atoms in total. The second-order valence-electron chi connectivity index (χ2n) is 6.10. The van der Waals surface area contributed by atoms with Gasteiger partial charge in [-0.1, -0.05) is 24.3 Å². The molecule has 0 bridgehead atoms. The van der Waals surface area contributed by atoms with Crippen molar-refractivity contribution < 1.29 is 4.79 Å². The second-order valence-corrected chi connectivity index (χ2v) is 7.05. The summed E-state index contributed by atoms with van der Waals surface area (Å²) in [5.41, 5.74) is 11.0. The highest BCUT2D eigenvalue weighted by atomic mass is 32.1. The number of hydrogen-bond acceptors (Lipinski definition) is 5. The lowest BCUT2D eigenvalue weighted by atomic mass is 10.00. The molecule has 1 aromatic heterocycles. The SMILES string of the molecule is CC(=O)Nc1cccc(C2=CC3=CCC(c4cccs4)=NN3C(N)=C2)c1. The minimum atomic E-state index is -0.0913. The molecular formula is C20H18N4OS. The summed E-state index contributed by atoms with van der Waals surface area (Å²) in [6, 6.07) is 11.8. The van der Waals surface area contributed by atoms with Gasteiger partial charge in [-0.25, -0.2) is 5.01 Å². The number of nitrogens with one attached hydrogen (secondary N) is 1. The van der Waals surface area contributed by atoms with Crippen LogP contribution < -0.4 is 11.1 Å². The van der Waals surface area contributed by atoms with E-state index >= 15 is 0 Å². The maximum Gasteiger partial charge on any atom is 0.221 e. The normalized spacial score (nSPS) is 16.1. The smallest absolute Gasteiger partial charge is 0.221 e. The third-order valence-corrected chi connectivity index (χ3v) is 5.06. The molecule has 2 aromatic rings. The van der Waals surface area contributed by atoms with Crippen molar-refractivity contribution in [1.29, 1.82) is 0 Å². The first-order chi connectivity index (χ1) is 12.6. The summed E-state index contributed by atoms with van der Waals surface area (Å²) in [5, 5.41) is 11.3. The molecule has 0 aliphatic carbocycles. The summed E-state index contributed by atoms with van der Waals surface area (Å²) in [4.78, 5) is 12.4. The van der Waals surface area contributed by atoms with Crippen LogP contribution in [0.3, 0.4) is 0 Å². The van der Waals surface area contributed by atoms with Crippen LogP contribution in [0.25, 0.3) is 5.57 Å². The van der Waals surface area contributed by atoms with Crippen molar-refractivity contribution in [2.75, 3.05) is 5.32 Å². The predicted octanol–water partition coefficient (Wildman–Crippen LogP) is 3.90. The third-order valence-electron chi connectivity index (χ3n) is 4.14. The van der Waals surface area contributed by atoms with Gasteiger partial charge in [0.05, 0.1) is 16.3 Å². The van der Waals surface area contributed by atoms with Crippen LogP contribution in [0.2, 0.25) is 0 Å². The van der Waals surface area contributed by atoms with Gasteiger partial charge in [0.2, 0.25) is 5.91 Å². The Morgan fingerprint density at radius 1 is 1.27 bits per heavy atom. The van der Waals surface area contributed by atoms with Gasteiger partial charge in [-0.05, 0) is 46.9 Å². The molecule has 0 saturated carbocycles. The second kappa shape index (κ2) is 6.65. The summed E-state index contributed by atoms with van der Waals surface area (Å²) in [6.07, 6.45) is 6.89. The molecule has 2 aliphatic rings. The Balaban J connectivity index is 1.64. The molecule has 1 amide bonds. The van der Waals surface area contributed by atoms with Gasteiger partial charge in [-0.15, -0.1) is 11.3 Å². The number of hydrogen-bond donors (Lipinski definition) is 2. The van der Waals surface area contributed by atoms with Gasteiger partial charge in [0.15, 0.2) is 0 Å². The third kappa shape index (κ3) is 3.19. The molecule has 1 aromatic carbocycles. The number of hydrazone groups is 1. The number of rotatable bonds is 3. The zero-order valence-electron chi connectivity index (χ0n) is 14.3. The maximum atomic E-state index is 11.3. The summed E-state index contributed by atoms with van der Waals surface area (Å²) in [5.74, 6) is 0.485. The van der Waals surface area contributed by atoms with Crippen LogP contribution in [0.5, 0.6) is 0 Å². The lowest BCUT2D eigenvalue weighted by Gasteiger charge is -2.29. The fraction of sp³-hybridized carbons (Fsp3) is 0.100. The van der Waals surface area contributed by atoms with Gasteiger partial charge in [0.25, 0.3) is 0 Å². The van der Waals surface area contributed by atoms with Crippen molar-refractivity contribution in [3.63, 3.8) is 0 Å². The highest BCUT2D eigenvalue weighted by molar-refractivity contribution is 7.12. The van der Waals surface area contributed by atoms with Crippen LogP contribution in [0, 0.1) is 0 Å². The molecule has 26 heavy (non-hydrogen) atoms. The van der Waals surface area contributed by atoms with Gasteiger partial charge in [-0.2, -0.15) is 5.10 Å². The number of carbonyl (C=O) groups excluding carboxylic acids is 1. The van der Waals surface area contributed by atoms with E-state index in [0.29, 0.717) is 5.82 Å². The van der Waals surface area contributed by atoms with Gasteiger partial charge >= 0.3 is 0 Å². The largest absolute Gasteiger partial charge is 0.384 e. The molecule has 0 radical (unpaired) electrons. The average Bonchev–Trinajstić information content (AvgIpc) is 3.16. The first-order valence-electron chi connectivity index (χ1n) is 8.29. The van der Waals surface area contributed by atoms with E-state index in [1.54, 1.807) is 16.3 Å². The Morgan fingerprint density at radius 2 is 2.15 bits per heavy atom. The number of benzene rings is 1. The molecule has 3 heterocycles. The summed E-state index contributed by atoms with van der Waals surface area (Å²) < 4.78 is 0. The Kier molecular flexibility index (Phi) is 4.18. The predicted molar refractivity (Wildman–Crippen MR) is 106 cm³/mol. The number of nitrogens with two attached hydrogens (primary N) is 1. The van der Waals surface area contributed by atoms with Gasteiger partial charge in [0.1, 0.15) is 5.82 Å². The van der Waals surface area contributed by atoms with E-state index in [-0.39, 0.29) is 5.91 Å². The lowest BCUT2D eigenvalue weighted by molar-refractivity contribution is -0.114. The van der Waals surface area contributed by atoms with Gasteiger partial charge in [0, 0.05) is 19.0 Å². The Hall–Kier alpha value is -3.12. The lowest BCUT2D eigenvalue weighted by Crippen LogP contribution is -2.28. The van der Waals surface area contributed by atoms with Crippen LogP contribution in [0.1, 0.15) is 23.8 Å². The van der Waals surface area contributed by atoms with Crippen LogP contribution >= 0.6 is 11.3 Å². The van der Waals surface area contributed by atoms with Crippen LogP contribution in [0.4, 0.5) is 5.69 Å². The number of amides is 1. The molecule has 6 heteroatoms. The van der Waals surface area contributed by atoms with E-state index in [2.05, 4.69) is 23.5 Å². The standard InChI is InChI=1S/C20H18N4OS/c1-13(25)22-16-5-2-4-14(10-16)15-11-17-7-8-18(19-6-3-9-26-19)23-24(17)20(21)12-15/h2-7,9-12H,8,21H2,1H3,(H,22,25). The molecule has 0 unspecified atom stereocenters. The fourth-order valence-corrected chi connectivity index (χ4v) is 3.72. The van der Waals surface area contributed by atoms with E-state index < -0.39 is 0 Å². The summed E-state index contributed by atoms with van der Waals surface area (Å²) >= 11 is 1.68. The molecule has 130 valence electrons. The average molecular weight is 362 g/mol. The minimum absolute atomic E-state index is 0.0913. The monoisotopic (exact) mass is 362 g/mol. The molecule has 0 spiro atoms. The van der Waals surface area contributed by atoms with E-state index in [4.69, 9.17) is 10.8 Å². The van der Waals surface area contributed by atoms with E-state index in [1.807, 2.05) is 41.8 Å². The molecule has 0 atom stereocenters. The Morgan fingerprint density at radius 3 is 2.92 bits per heavy atom. The van der Waals surface area contributed by atoms with Crippen molar-refractivity contribution >= 4 is 34.2 Å². The van der Waals surface area contributed by atoms with Crippen LogP contribution in [-0.2, 0) is 4.79 Å². The number of thiophene rings is 1. The van der Waals surface area contributed by atoms with Gasteiger partial charge in [-0.3, -0.25) is 4.79 Å². The Labute approximate surface area is 155 Å². The van der Waals surface area contributed by atoms with Crippen molar-refractivity contribution in [2.24, 2.45) is 10.8 Å². The highest BCUT2D eigenvalue weighted by Gasteiger charge is 2.22. The molecule has 0 saturated heterocycles. The highest BCUT2D eigenvalue weighted by Crippen LogP contribution is 2.31. The number of nitrogens with zero attached hydrogens (tertiary/aromatic N) is 2. The summed E-state index contributed by atoms with van der Waals surface area (Å²) in [6.45, 7) is 1.50. The minimum Gasteiger partial charge on any atom is -0.384 e. The first kappa shape index (κ1) is 16.4. The van der Waals surface area contributed by atoms with E-state index in [0.717, 1.165) is 39.5 Å². The van der Waals surface area contributed by atoms with Crippen molar-refractivity contribution in [2.45, 2.75) is 13.3 Å². The van der Waals surface area contributed by atoms with Crippen molar-refractivity contribution in [3.8, 4) is 0 Å².